The minimum atomic E-state index is -4.70. The Morgan fingerprint density at radius 2 is 1.62 bits per heavy atom. The van der Waals surface area contributed by atoms with Gasteiger partial charge < -0.3 is 10.1 Å². The number of aryl methyl sites for hydroxylation is 1. The molecule has 1 amide bonds. The van der Waals surface area contributed by atoms with Crippen LogP contribution in [0.4, 0.5) is 24.5 Å². The Hall–Kier alpha value is -3.53. The topological polar surface area (TPSA) is 84.5 Å². The normalized spacial score (nSPS) is 11.7. The van der Waals surface area contributed by atoms with Crippen LogP contribution in [0.5, 0.6) is 5.75 Å². The summed E-state index contributed by atoms with van der Waals surface area (Å²) in [6.45, 7) is 1.24. The van der Waals surface area contributed by atoms with E-state index < -0.39 is 32.6 Å². The largest absolute Gasteiger partial charge is 0.497 e. The highest BCUT2D eigenvalue weighted by atomic mass is 32.2. The number of benzene rings is 3. The molecule has 3 aromatic rings. The maximum Gasteiger partial charge on any atom is 0.416 e. The number of amides is 1. The predicted octanol–water partition coefficient (Wildman–Crippen LogP) is 5.08. The fraction of sp³-hybridized carbons (Fsp3) is 0.136. The zero-order valence-electron chi connectivity index (χ0n) is 17.0. The highest BCUT2D eigenvalue weighted by Crippen LogP contribution is 2.33. The highest BCUT2D eigenvalue weighted by Gasteiger charge is 2.33. The van der Waals surface area contributed by atoms with Crippen LogP contribution >= 0.6 is 0 Å². The van der Waals surface area contributed by atoms with E-state index in [1.807, 2.05) is 0 Å². The van der Waals surface area contributed by atoms with Gasteiger partial charge in [-0.1, -0.05) is 18.2 Å². The summed E-state index contributed by atoms with van der Waals surface area (Å²) < 4.78 is 72.4. The van der Waals surface area contributed by atoms with Crippen molar-refractivity contribution in [2.45, 2.75) is 18.0 Å². The first-order valence-corrected chi connectivity index (χ1v) is 10.7. The molecule has 0 saturated heterocycles. The van der Waals surface area contributed by atoms with Crippen LogP contribution in [0, 0.1) is 6.92 Å². The van der Waals surface area contributed by atoms with Crippen LogP contribution in [0.2, 0.25) is 0 Å². The average molecular weight is 464 g/mol. The molecule has 0 bridgehead atoms. The van der Waals surface area contributed by atoms with Gasteiger partial charge in [-0.3, -0.25) is 9.52 Å². The van der Waals surface area contributed by atoms with E-state index >= 15 is 0 Å². The van der Waals surface area contributed by atoms with E-state index in [-0.39, 0.29) is 16.8 Å². The van der Waals surface area contributed by atoms with Crippen LogP contribution in [0.3, 0.4) is 0 Å². The molecule has 32 heavy (non-hydrogen) atoms. The van der Waals surface area contributed by atoms with Gasteiger partial charge in [0.15, 0.2) is 0 Å². The number of para-hydroxylation sites is 1. The first-order valence-electron chi connectivity index (χ1n) is 9.26. The lowest BCUT2D eigenvalue weighted by Gasteiger charge is -2.15. The molecule has 0 aliphatic heterocycles. The van der Waals surface area contributed by atoms with Crippen LogP contribution in [-0.2, 0) is 16.2 Å². The molecule has 168 valence electrons. The third-order valence-corrected chi connectivity index (χ3v) is 5.95. The summed E-state index contributed by atoms with van der Waals surface area (Å²) in [5, 5.41) is 2.63. The molecule has 0 radical (unpaired) electrons. The lowest BCUT2D eigenvalue weighted by molar-refractivity contribution is -0.138. The minimum absolute atomic E-state index is 0.00458. The third-order valence-electron chi connectivity index (χ3n) is 4.59. The van der Waals surface area contributed by atoms with Gasteiger partial charge in [0.2, 0.25) is 0 Å². The number of hydrogen-bond donors (Lipinski definition) is 2. The maximum absolute atomic E-state index is 13.2. The molecular formula is C22H19F3N2O4S. The summed E-state index contributed by atoms with van der Waals surface area (Å²) in [6.07, 6.45) is -4.70. The Morgan fingerprint density at radius 1 is 0.969 bits per heavy atom. The lowest BCUT2D eigenvalue weighted by atomic mass is 10.1. The van der Waals surface area contributed by atoms with Crippen LogP contribution in [0.15, 0.2) is 71.6 Å². The second-order valence-corrected chi connectivity index (χ2v) is 8.49. The lowest BCUT2D eigenvalue weighted by Crippen LogP contribution is -2.19. The van der Waals surface area contributed by atoms with Crippen LogP contribution < -0.4 is 14.8 Å². The predicted molar refractivity (Wildman–Crippen MR) is 114 cm³/mol. The Balaban J connectivity index is 1.89. The minimum Gasteiger partial charge on any atom is -0.497 e. The highest BCUT2D eigenvalue weighted by molar-refractivity contribution is 7.92. The van der Waals surface area contributed by atoms with Crippen LogP contribution in [0.25, 0.3) is 0 Å². The molecule has 3 rings (SSSR count). The molecular weight excluding hydrogens is 445 g/mol. The summed E-state index contributed by atoms with van der Waals surface area (Å²) in [7, 11) is -2.90. The van der Waals surface area contributed by atoms with E-state index in [2.05, 4.69) is 10.0 Å². The van der Waals surface area contributed by atoms with E-state index in [0.29, 0.717) is 17.5 Å². The third kappa shape index (κ3) is 5.20. The molecule has 3 aromatic carbocycles. The van der Waals surface area contributed by atoms with Crippen molar-refractivity contribution >= 4 is 27.3 Å². The number of methoxy groups -OCH3 is 1. The first kappa shape index (κ1) is 23.1. The molecule has 0 aromatic heterocycles. The van der Waals surface area contributed by atoms with Gasteiger partial charge in [0, 0.05) is 5.69 Å². The van der Waals surface area contributed by atoms with E-state index in [9.17, 15) is 26.4 Å². The van der Waals surface area contributed by atoms with Gasteiger partial charge in [-0.05, 0) is 61.0 Å². The summed E-state index contributed by atoms with van der Waals surface area (Å²) in [5.74, 6) is -0.0131. The Morgan fingerprint density at radius 3 is 2.25 bits per heavy atom. The molecule has 0 unspecified atom stereocenters. The monoisotopic (exact) mass is 464 g/mol. The Kier molecular flexibility index (Phi) is 6.45. The first-order chi connectivity index (χ1) is 15.0. The molecule has 0 spiro atoms. The van der Waals surface area contributed by atoms with Crippen molar-refractivity contribution < 1.29 is 31.1 Å². The van der Waals surface area contributed by atoms with Gasteiger partial charge in [0.1, 0.15) is 5.75 Å². The number of nitrogens with one attached hydrogen (secondary N) is 2. The van der Waals surface area contributed by atoms with Crippen molar-refractivity contribution in [3.8, 4) is 5.75 Å². The summed E-state index contributed by atoms with van der Waals surface area (Å²) in [6, 6.07) is 15.0. The maximum atomic E-state index is 13.2. The number of ether oxygens (including phenoxy) is 1. The number of hydrogen-bond acceptors (Lipinski definition) is 4. The smallest absolute Gasteiger partial charge is 0.416 e. The van der Waals surface area contributed by atoms with E-state index in [1.165, 1.54) is 38.3 Å². The van der Waals surface area contributed by atoms with Crippen LogP contribution in [-0.4, -0.2) is 21.4 Å². The number of carbonyl (C=O) groups excluding carboxylic acids is 1. The molecule has 0 aliphatic carbocycles. The molecule has 6 nitrogen and oxygen atoms in total. The van der Waals surface area contributed by atoms with Gasteiger partial charge in [0.25, 0.3) is 15.9 Å². The van der Waals surface area contributed by atoms with Crippen molar-refractivity contribution in [3.63, 3.8) is 0 Å². The molecule has 0 heterocycles. The molecule has 0 fully saturated rings. The van der Waals surface area contributed by atoms with Gasteiger partial charge in [0.05, 0.1) is 28.8 Å². The Bertz CT molecular complexity index is 1240. The quantitative estimate of drug-likeness (QED) is 0.533. The molecule has 0 aliphatic rings. The van der Waals surface area contributed by atoms with E-state index in [1.54, 1.807) is 24.3 Å². The van der Waals surface area contributed by atoms with E-state index in [4.69, 9.17) is 4.74 Å². The number of anilines is 2. The number of carbonyl (C=O) groups is 1. The van der Waals surface area contributed by atoms with Gasteiger partial charge in [-0.15, -0.1) is 0 Å². The molecule has 0 saturated carbocycles. The standard InChI is InChI=1S/C22H19F3N2O4S/c1-14-7-12-17(13-19(14)22(23,24)25)32(29,30)27-20-6-4-3-5-18(20)21(28)26-15-8-10-16(31-2)11-9-15/h3-13,27H,1-2H3,(H,26,28). The fourth-order valence-electron chi connectivity index (χ4n) is 2.92. The van der Waals surface area contributed by atoms with Crippen molar-refractivity contribution in [2.75, 3.05) is 17.1 Å². The van der Waals surface area contributed by atoms with Gasteiger partial charge in [-0.2, -0.15) is 13.2 Å². The van der Waals surface area contributed by atoms with Crippen molar-refractivity contribution in [1.82, 2.24) is 0 Å². The van der Waals surface area contributed by atoms with Gasteiger partial charge in [-0.25, -0.2) is 8.42 Å². The fourth-order valence-corrected chi connectivity index (χ4v) is 4.03. The van der Waals surface area contributed by atoms with Crippen molar-refractivity contribution in [1.29, 1.82) is 0 Å². The second kappa shape index (κ2) is 8.91. The number of alkyl halides is 3. The summed E-state index contributed by atoms with van der Waals surface area (Å²) in [5.41, 5.74) is -0.786. The molecule has 0 atom stereocenters. The van der Waals surface area contributed by atoms with Crippen LogP contribution in [0.1, 0.15) is 21.5 Å². The van der Waals surface area contributed by atoms with Gasteiger partial charge >= 0.3 is 6.18 Å². The molecule has 10 heteroatoms. The zero-order valence-corrected chi connectivity index (χ0v) is 17.8. The summed E-state index contributed by atoms with van der Waals surface area (Å²) in [4.78, 5) is 12.1. The number of rotatable bonds is 6. The Labute approximate surface area is 183 Å². The summed E-state index contributed by atoms with van der Waals surface area (Å²) >= 11 is 0. The average Bonchev–Trinajstić information content (AvgIpc) is 2.73. The number of sulfonamides is 1. The number of halogens is 3. The SMILES string of the molecule is COc1ccc(NC(=O)c2ccccc2NS(=O)(=O)c2ccc(C)c(C(F)(F)F)c2)cc1. The van der Waals surface area contributed by atoms with Crippen molar-refractivity contribution in [3.05, 3.63) is 83.4 Å². The second-order valence-electron chi connectivity index (χ2n) is 6.81. The molecule has 2 N–H and O–H groups in total. The zero-order chi connectivity index (χ0) is 23.5. The van der Waals surface area contributed by atoms with Crippen molar-refractivity contribution in [2.24, 2.45) is 0 Å². The van der Waals surface area contributed by atoms with E-state index in [0.717, 1.165) is 12.1 Å².